The van der Waals surface area contributed by atoms with E-state index in [1.54, 1.807) is 22.9 Å². The predicted molar refractivity (Wildman–Crippen MR) is 120 cm³/mol. The zero-order valence-corrected chi connectivity index (χ0v) is 18.6. The van der Waals surface area contributed by atoms with Crippen LogP contribution in [-0.4, -0.2) is 39.9 Å². The molecule has 0 unspecified atom stereocenters. The summed E-state index contributed by atoms with van der Waals surface area (Å²) in [5.74, 6) is -2.88. The van der Waals surface area contributed by atoms with E-state index < -0.39 is 43.6 Å². The van der Waals surface area contributed by atoms with Gasteiger partial charge in [-0.3, -0.25) is 4.72 Å². The molecule has 178 valence electrons. The Morgan fingerprint density at radius 3 is 2.66 bits per heavy atom. The molecule has 2 N–H and O–H groups in total. The molecule has 4 aromatic heterocycles. The number of rotatable bonds is 6. The zero-order chi connectivity index (χ0) is 24.7. The Bertz CT molecular complexity index is 1670. The number of hydrogen-bond acceptors (Lipinski definition) is 6. The van der Waals surface area contributed by atoms with E-state index in [1.807, 2.05) is 4.72 Å². The molecular formula is C22H15F3N6O3S. The summed E-state index contributed by atoms with van der Waals surface area (Å²) in [5, 5.41) is 0. The number of imidazole rings is 2. The van der Waals surface area contributed by atoms with Gasteiger partial charge in [0.2, 0.25) is 5.88 Å². The average Bonchev–Trinajstić information content (AvgIpc) is 3.50. The van der Waals surface area contributed by atoms with E-state index in [1.165, 1.54) is 18.6 Å². The third-order valence-electron chi connectivity index (χ3n) is 5.15. The predicted octanol–water partition coefficient (Wildman–Crippen LogP) is 4.01. The van der Waals surface area contributed by atoms with Crippen LogP contribution in [0.15, 0.2) is 66.3 Å². The number of benzene rings is 1. The summed E-state index contributed by atoms with van der Waals surface area (Å²) in [4.78, 5) is 14.3. The van der Waals surface area contributed by atoms with Crippen molar-refractivity contribution in [2.45, 2.75) is 4.90 Å². The Hall–Kier alpha value is -4.39. The minimum Gasteiger partial charge on any atom is -0.480 e. The van der Waals surface area contributed by atoms with Gasteiger partial charge in [0.25, 0.3) is 10.0 Å². The SMILES string of the molecule is COc1ncc(F)cc1S(=O)(=O)Nc1ccc(F)c(-c2ccc3c(-c4ncc[nH]4)ncn3c2)c1F. The van der Waals surface area contributed by atoms with Crippen LogP contribution in [0.4, 0.5) is 18.9 Å². The van der Waals surface area contributed by atoms with Gasteiger partial charge < -0.3 is 14.1 Å². The number of H-pyrrole nitrogens is 1. The van der Waals surface area contributed by atoms with Crippen molar-refractivity contribution in [1.29, 1.82) is 0 Å². The standard InChI is InChI=1S/C22H15F3N6O3S/c1-34-22-17(8-13(23)9-28-22)35(32,33)30-15-4-3-14(24)18(19(15)25)12-2-5-16-20(21-26-6-7-27-21)29-11-31(16)10-12/h2-11,30H,1H3,(H,26,27). The van der Waals surface area contributed by atoms with Crippen molar-refractivity contribution in [3.63, 3.8) is 0 Å². The highest BCUT2D eigenvalue weighted by molar-refractivity contribution is 7.92. The van der Waals surface area contributed by atoms with E-state index in [0.717, 1.165) is 25.4 Å². The summed E-state index contributed by atoms with van der Waals surface area (Å²) in [6, 6.07) is 5.61. The summed E-state index contributed by atoms with van der Waals surface area (Å²) in [6.45, 7) is 0. The van der Waals surface area contributed by atoms with Gasteiger partial charge in [-0.1, -0.05) is 6.07 Å². The number of hydrogen-bond donors (Lipinski definition) is 2. The highest BCUT2D eigenvalue weighted by Crippen LogP contribution is 2.33. The molecule has 0 aliphatic heterocycles. The van der Waals surface area contributed by atoms with Crippen LogP contribution in [0.25, 0.3) is 28.2 Å². The molecule has 0 saturated heterocycles. The Labute approximate surface area is 196 Å². The normalized spacial score (nSPS) is 11.7. The maximum Gasteiger partial charge on any atom is 0.267 e. The smallest absolute Gasteiger partial charge is 0.267 e. The largest absolute Gasteiger partial charge is 0.480 e. The second kappa shape index (κ2) is 8.43. The summed E-state index contributed by atoms with van der Waals surface area (Å²) in [5.41, 5.74) is 0.287. The zero-order valence-electron chi connectivity index (χ0n) is 17.8. The fourth-order valence-corrected chi connectivity index (χ4v) is 4.77. The van der Waals surface area contributed by atoms with Gasteiger partial charge in [0.1, 0.15) is 23.7 Å². The van der Waals surface area contributed by atoms with E-state index in [-0.39, 0.29) is 11.4 Å². The van der Waals surface area contributed by atoms with E-state index in [2.05, 4.69) is 19.9 Å². The Morgan fingerprint density at radius 1 is 1.09 bits per heavy atom. The third kappa shape index (κ3) is 3.95. The van der Waals surface area contributed by atoms with Crippen LogP contribution in [0, 0.1) is 17.5 Å². The van der Waals surface area contributed by atoms with E-state index in [0.29, 0.717) is 23.1 Å². The minimum absolute atomic E-state index is 0.127. The molecule has 0 fully saturated rings. The second-order valence-corrected chi connectivity index (χ2v) is 8.94. The maximum absolute atomic E-state index is 15.4. The molecule has 1 aromatic carbocycles. The number of nitrogens with one attached hydrogen (secondary N) is 2. The molecular weight excluding hydrogens is 485 g/mol. The molecule has 4 heterocycles. The lowest BCUT2D eigenvalue weighted by molar-refractivity contribution is 0.382. The molecule has 0 aliphatic rings. The molecule has 0 amide bonds. The van der Waals surface area contributed by atoms with Crippen LogP contribution in [-0.2, 0) is 10.0 Å². The number of aromatic nitrogens is 5. The summed E-state index contributed by atoms with van der Waals surface area (Å²) in [6.07, 6.45) is 6.90. The Morgan fingerprint density at radius 2 is 1.91 bits per heavy atom. The highest BCUT2D eigenvalue weighted by Gasteiger charge is 2.25. The minimum atomic E-state index is -4.53. The number of nitrogens with zero attached hydrogens (tertiary/aromatic N) is 4. The van der Waals surface area contributed by atoms with Gasteiger partial charge in [-0.2, -0.15) is 0 Å². The van der Waals surface area contributed by atoms with Crippen molar-refractivity contribution in [2.75, 3.05) is 11.8 Å². The summed E-state index contributed by atoms with van der Waals surface area (Å²) < 4.78 is 77.9. The van der Waals surface area contributed by atoms with Gasteiger partial charge in [0.05, 0.1) is 30.1 Å². The fraction of sp³-hybridized carbons (Fsp3) is 0.0455. The molecule has 0 saturated carbocycles. The second-order valence-electron chi connectivity index (χ2n) is 7.29. The van der Waals surface area contributed by atoms with Gasteiger partial charge in [0, 0.05) is 30.2 Å². The number of anilines is 1. The molecule has 9 nitrogen and oxygen atoms in total. The van der Waals surface area contributed by atoms with Crippen LogP contribution in [0.1, 0.15) is 0 Å². The molecule has 35 heavy (non-hydrogen) atoms. The van der Waals surface area contributed by atoms with E-state index in [4.69, 9.17) is 4.74 Å². The van der Waals surface area contributed by atoms with E-state index >= 15 is 4.39 Å². The first-order valence-corrected chi connectivity index (χ1v) is 11.4. The molecule has 0 radical (unpaired) electrons. The van der Waals surface area contributed by atoms with Crippen molar-refractivity contribution in [2.24, 2.45) is 0 Å². The van der Waals surface area contributed by atoms with Crippen molar-refractivity contribution < 1.29 is 26.3 Å². The molecule has 13 heteroatoms. The monoisotopic (exact) mass is 500 g/mol. The van der Waals surface area contributed by atoms with Gasteiger partial charge in [0.15, 0.2) is 16.5 Å². The maximum atomic E-state index is 15.4. The van der Waals surface area contributed by atoms with E-state index in [9.17, 15) is 17.2 Å². The topological polar surface area (TPSA) is 114 Å². The molecule has 5 rings (SSSR count). The fourth-order valence-electron chi connectivity index (χ4n) is 3.57. The third-order valence-corrected chi connectivity index (χ3v) is 6.51. The van der Waals surface area contributed by atoms with Crippen molar-refractivity contribution in [3.05, 3.63) is 78.9 Å². The first-order chi connectivity index (χ1) is 16.8. The molecule has 0 spiro atoms. The van der Waals surface area contributed by atoms with Crippen LogP contribution in [0.5, 0.6) is 5.88 Å². The average molecular weight is 500 g/mol. The van der Waals surface area contributed by atoms with Gasteiger partial charge in [-0.05, 0) is 18.2 Å². The van der Waals surface area contributed by atoms with Gasteiger partial charge in [-0.15, -0.1) is 0 Å². The van der Waals surface area contributed by atoms with Crippen LogP contribution >= 0.6 is 0 Å². The first kappa shape index (κ1) is 22.4. The Kier molecular flexibility index (Phi) is 5.40. The van der Waals surface area contributed by atoms with Crippen molar-refractivity contribution in [3.8, 4) is 28.5 Å². The van der Waals surface area contributed by atoms with Crippen molar-refractivity contribution >= 4 is 21.2 Å². The highest BCUT2D eigenvalue weighted by atomic mass is 32.2. The molecule has 5 aromatic rings. The lowest BCUT2D eigenvalue weighted by Crippen LogP contribution is -2.16. The Balaban J connectivity index is 1.56. The molecule has 0 bridgehead atoms. The first-order valence-electron chi connectivity index (χ1n) is 9.95. The number of ether oxygens (including phenoxy) is 1. The van der Waals surface area contributed by atoms with Gasteiger partial charge in [-0.25, -0.2) is 36.5 Å². The number of halogens is 3. The lowest BCUT2D eigenvalue weighted by Gasteiger charge is -2.14. The number of sulfonamides is 1. The summed E-state index contributed by atoms with van der Waals surface area (Å²) in [7, 11) is -3.38. The summed E-state index contributed by atoms with van der Waals surface area (Å²) >= 11 is 0. The number of methoxy groups -OCH3 is 1. The quantitative estimate of drug-likeness (QED) is 0.364. The molecule has 0 aliphatic carbocycles. The van der Waals surface area contributed by atoms with Gasteiger partial charge >= 0.3 is 0 Å². The van der Waals surface area contributed by atoms with Crippen LogP contribution in [0.2, 0.25) is 0 Å². The van der Waals surface area contributed by atoms with Crippen LogP contribution in [0.3, 0.4) is 0 Å². The van der Waals surface area contributed by atoms with Crippen LogP contribution < -0.4 is 9.46 Å². The van der Waals surface area contributed by atoms with Crippen molar-refractivity contribution in [1.82, 2.24) is 24.3 Å². The number of fused-ring (bicyclic) bond motifs is 1. The molecule has 0 atom stereocenters. The number of pyridine rings is 2. The number of aromatic amines is 1. The lowest BCUT2D eigenvalue weighted by atomic mass is 10.0.